The van der Waals surface area contributed by atoms with Crippen LogP contribution < -0.4 is 15.0 Å². The van der Waals surface area contributed by atoms with Gasteiger partial charge in [0.15, 0.2) is 5.11 Å². The third-order valence-corrected chi connectivity index (χ3v) is 4.28. The molecular weight excluding hydrogens is 308 g/mol. The van der Waals surface area contributed by atoms with E-state index in [1.54, 1.807) is 7.11 Å². The second kappa shape index (κ2) is 7.28. The number of aromatic nitrogens is 1. The lowest BCUT2D eigenvalue weighted by Crippen LogP contribution is -2.50. The molecule has 0 saturated carbocycles. The number of ether oxygens (including phenoxy) is 1. The van der Waals surface area contributed by atoms with Crippen LogP contribution in [0.25, 0.3) is 0 Å². The lowest BCUT2D eigenvalue weighted by atomic mass is 10.2. The highest BCUT2D eigenvalue weighted by molar-refractivity contribution is 7.80. The third kappa shape index (κ3) is 3.90. The highest BCUT2D eigenvalue weighted by atomic mass is 32.1. The molecule has 5 nitrogen and oxygen atoms in total. The molecule has 1 aromatic carbocycles. The first-order chi connectivity index (χ1) is 11.3. The maximum Gasteiger partial charge on any atom is 0.173 e. The van der Waals surface area contributed by atoms with E-state index >= 15 is 0 Å². The number of pyridine rings is 1. The molecule has 1 aliphatic rings. The Morgan fingerprint density at radius 2 is 1.87 bits per heavy atom. The maximum atomic E-state index is 5.54. The highest BCUT2D eigenvalue weighted by Gasteiger charge is 2.19. The van der Waals surface area contributed by atoms with Gasteiger partial charge >= 0.3 is 0 Å². The Morgan fingerprint density at radius 3 is 2.57 bits per heavy atom. The van der Waals surface area contributed by atoms with Gasteiger partial charge < -0.3 is 19.9 Å². The Bertz CT molecular complexity index is 657. The van der Waals surface area contributed by atoms with Gasteiger partial charge in [0.2, 0.25) is 0 Å². The molecule has 0 radical (unpaired) electrons. The minimum absolute atomic E-state index is 0.757. The summed E-state index contributed by atoms with van der Waals surface area (Å²) in [5.74, 6) is 0.820. The average Bonchev–Trinajstić information content (AvgIpc) is 2.63. The molecule has 6 heteroatoms. The summed E-state index contributed by atoms with van der Waals surface area (Å²) in [4.78, 5) is 8.62. The quantitative estimate of drug-likeness (QED) is 0.874. The monoisotopic (exact) mass is 328 g/mol. The van der Waals surface area contributed by atoms with E-state index in [0.29, 0.717) is 0 Å². The van der Waals surface area contributed by atoms with E-state index in [1.165, 1.54) is 5.69 Å². The molecule has 1 N–H and O–H groups in total. The fraction of sp³-hybridized carbons (Fsp3) is 0.294. The van der Waals surface area contributed by atoms with Gasteiger partial charge in [-0.15, -0.1) is 0 Å². The summed E-state index contributed by atoms with van der Waals surface area (Å²) in [7, 11) is 1.66. The predicted molar refractivity (Wildman–Crippen MR) is 97.2 cm³/mol. The first-order valence-corrected chi connectivity index (χ1v) is 8.02. The van der Waals surface area contributed by atoms with Crippen LogP contribution >= 0.6 is 12.2 Å². The topological polar surface area (TPSA) is 40.6 Å². The Balaban J connectivity index is 1.56. The molecule has 0 unspecified atom stereocenters. The van der Waals surface area contributed by atoms with Crippen molar-refractivity contribution in [3.05, 3.63) is 48.8 Å². The summed E-state index contributed by atoms with van der Waals surface area (Å²) in [6.45, 7) is 3.70. The lowest BCUT2D eigenvalue weighted by molar-refractivity contribution is 0.391. The Kier molecular flexibility index (Phi) is 4.92. The van der Waals surface area contributed by atoms with Crippen LogP contribution in [0.5, 0.6) is 5.75 Å². The van der Waals surface area contributed by atoms with Crippen molar-refractivity contribution in [2.24, 2.45) is 0 Å². The standard InChI is InChI=1S/C17H20N4OS/c1-22-16-4-2-3-14(13-16)19-17(23)21-11-9-20(10-12-21)15-5-7-18-8-6-15/h2-8,13H,9-12H2,1H3,(H,19,23). The van der Waals surface area contributed by atoms with Gasteiger partial charge in [-0.3, -0.25) is 4.98 Å². The van der Waals surface area contributed by atoms with E-state index in [9.17, 15) is 0 Å². The molecule has 0 amide bonds. The van der Waals surface area contributed by atoms with E-state index in [1.807, 2.05) is 48.8 Å². The smallest absolute Gasteiger partial charge is 0.173 e. The van der Waals surface area contributed by atoms with Gasteiger partial charge in [0, 0.05) is 56.0 Å². The van der Waals surface area contributed by atoms with Crippen molar-refractivity contribution in [1.29, 1.82) is 0 Å². The van der Waals surface area contributed by atoms with Crippen LogP contribution in [0.3, 0.4) is 0 Å². The van der Waals surface area contributed by atoms with Crippen molar-refractivity contribution in [3.8, 4) is 5.75 Å². The van der Waals surface area contributed by atoms with E-state index in [4.69, 9.17) is 17.0 Å². The normalized spacial score (nSPS) is 14.5. The van der Waals surface area contributed by atoms with Gasteiger partial charge in [0.05, 0.1) is 7.11 Å². The van der Waals surface area contributed by atoms with Gasteiger partial charge in [0.1, 0.15) is 5.75 Å². The minimum atomic E-state index is 0.757. The van der Waals surface area contributed by atoms with Crippen LogP contribution in [0.1, 0.15) is 0 Å². The molecule has 0 atom stereocenters. The maximum absolute atomic E-state index is 5.54. The SMILES string of the molecule is COc1cccc(NC(=S)N2CCN(c3ccncc3)CC2)c1. The predicted octanol–water partition coefficient (Wildman–Crippen LogP) is 2.61. The van der Waals surface area contributed by atoms with Crippen LogP contribution in [0.2, 0.25) is 0 Å². The number of anilines is 2. The molecule has 1 fully saturated rings. The average molecular weight is 328 g/mol. The molecule has 1 saturated heterocycles. The van der Waals surface area contributed by atoms with Crippen molar-refractivity contribution in [3.63, 3.8) is 0 Å². The largest absolute Gasteiger partial charge is 0.497 e. The number of nitrogens with zero attached hydrogens (tertiary/aromatic N) is 3. The number of thiocarbonyl (C=S) groups is 1. The number of hydrogen-bond donors (Lipinski definition) is 1. The highest BCUT2D eigenvalue weighted by Crippen LogP contribution is 2.18. The lowest BCUT2D eigenvalue weighted by Gasteiger charge is -2.37. The fourth-order valence-electron chi connectivity index (χ4n) is 2.63. The molecule has 0 bridgehead atoms. The number of rotatable bonds is 3. The zero-order valence-electron chi connectivity index (χ0n) is 13.1. The van der Waals surface area contributed by atoms with Crippen LogP contribution in [0.4, 0.5) is 11.4 Å². The molecular formula is C17H20N4OS. The number of nitrogens with one attached hydrogen (secondary N) is 1. The molecule has 1 aliphatic heterocycles. The van der Waals surface area contributed by atoms with E-state index < -0.39 is 0 Å². The second-order valence-corrected chi connectivity index (χ2v) is 5.73. The summed E-state index contributed by atoms with van der Waals surface area (Å²) >= 11 is 5.54. The molecule has 1 aromatic heterocycles. The molecule has 0 spiro atoms. The zero-order valence-corrected chi connectivity index (χ0v) is 13.9. The van der Waals surface area contributed by atoms with Crippen LogP contribution in [0.15, 0.2) is 48.8 Å². The van der Waals surface area contributed by atoms with Gasteiger partial charge in [-0.1, -0.05) is 6.07 Å². The molecule has 0 aliphatic carbocycles. The van der Waals surface area contributed by atoms with Crippen molar-refractivity contribution in [2.75, 3.05) is 43.5 Å². The number of hydrogen-bond acceptors (Lipinski definition) is 4. The number of benzene rings is 1. The molecule has 2 heterocycles. The Labute approximate surface area is 141 Å². The molecule has 2 aromatic rings. The van der Waals surface area contributed by atoms with Gasteiger partial charge in [-0.25, -0.2) is 0 Å². The number of methoxy groups -OCH3 is 1. The molecule has 3 rings (SSSR count). The van der Waals surface area contributed by atoms with Crippen molar-refractivity contribution in [1.82, 2.24) is 9.88 Å². The second-order valence-electron chi connectivity index (χ2n) is 5.34. The summed E-state index contributed by atoms with van der Waals surface area (Å²) in [5, 5.41) is 4.05. The molecule has 23 heavy (non-hydrogen) atoms. The van der Waals surface area contributed by atoms with E-state index in [-0.39, 0.29) is 0 Å². The summed E-state index contributed by atoms with van der Waals surface area (Å²) in [5.41, 5.74) is 2.16. The van der Waals surface area contributed by atoms with E-state index in [2.05, 4.69) is 20.1 Å². The van der Waals surface area contributed by atoms with Gasteiger partial charge in [-0.05, 0) is 36.5 Å². The fourth-order valence-corrected chi connectivity index (χ4v) is 2.93. The van der Waals surface area contributed by atoms with Crippen LogP contribution in [0, 0.1) is 0 Å². The van der Waals surface area contributed by atoms with Gasteiger partial charge in [0.25, 0.3) is 0 Å². The summed E-state index contributed by atoms with van der Waals surface area (Å²) in [6.07, 6.45) is 3.66. The first kappa shape index (κ1) is 15.6. The minimum Gasteiger partial charge on any atom is -0.497 e. The summed E-state index contributed by atoms with van der Waals surface area (Å²) < 4.78 is 5.24. The van der Waals surface area contributed by atoms with Crippen molar-refractivity contribution >= 4 is 28.7 Å². The zero-order chi connectivity index (χ0) is 16.1. The van der Waals surface area contributed by atoms with Gasteiger partial charge in [-0.2, -0.15) is 0 Å². The Morgan fingerprint density at radius 1 is 1.13 bits per heavy atom. The molecule has 120 valence electrons. The Hall–Kier alpha value is -2.34. The number of piperazine rings is 1. The van der Waals surface area contributed by atoms with Crippen LogP contribution in [-0.2, 0) is 0 Å². The third-order valence-electron chi connectivity index (χ3n) is 3.92. The van der Waals surface area contributed by atoms with Crippen LogP contribution in [-0.4, -0.2) is 48.3 Å². The van der Waals surface area contributed by atoms with Crippen molar-refractivity contribution in [2.45, 2.75) is 0 Å². The first-order valence-electron chi connectivity index (χ1n) is 7.61. The van der Waals surface area contributed by atoms with E-state index in [0.717, 1.165) is 42.7 Å². The summed E-state index contributed by atoms with van der Waals surface area (Å²) in [6, 6.07) is 11.9. The van der Waals surface area contributed by atoms with Crippen molar-refractivity contribution < 1.29 is 4.74 Å².